The van der Waals surface area contributed by atoms with E-state index >= 15 is 0 Å². The number of halogens is 8. The molecule has 1 heterocycles. The Bertz CT molecular complexity index is 446. The number of nitrogens with zero attached hydrogens (tertiary/aromatic N) is 1. The molecule has 10 heteroatoms. The van der Waals surface area contributed by atoms with Crippen molar-refractivity contribution in [3.05, 3.63) is 21.0 Å². The van der Waals surface area contributed by atoms with Gasteiger partial charge in [-0.3, -0.25) is 4.98 Å². The lowest BCUT2D eigenvalue weighted by molar-refractivity contribution is -0.275. The molecule has 1 rings (SSSR count). The third-order valence-corrected chi connectivity index (χ3v) is 2.97. The van der Waals surface area contributed by atoms with E-state index in [2.05, 4.69) is 9.72 Å². The molecular weight excluding hydrogens is 402 g/mol. The van der Waals surface area contributed by atoms with Gasteiger partial charge in [-0.05, 0) is 22.6 Å². The lowest BCUT2D eigenvalue weighted by Gasteiger charge is -2.16. The van der Waals surface area contributed by atoms with E-state index in [1.54, 1.807) is 0 Å². The summed E-state index contributed by atoms with van der Waals surface area (Å²) < 4.78 is 76.4. The first-order chi connectivity index (χ1) is 8.06. The van der Waals surface area contributed by atoms with E-state index < -0.39 is 33.4 Å². The first-order valence-electron chi connectivity index (χ1n) is 4.12. The molecule has 0 amide bonds. The summed E-state index contributed by atoms with van der Waals surface area (Å²) in [5.41, 5.74) is -1.72. The van der Waals surface area contributed by atoms with Crippen molar-refractivity contribution in [1.29, 1.82) is 0 Å². The Morgan fingerprint density at radius 1 is 1.22 bits per heavy atom. The number of ether oxygens (including phenoxy) is 1. The van der Waals surface area contributed by atoms with Crippen LogP contribution in [0.25, 0.3) is 0 Å². The van der Waals surface area contributed by atoms with Gasteiger partial charge in [-0.1, -0.05) is 0 Å². The Hall–Kier alpha value is -0.450. The molecule has 18 heavy (non-hydrogen) atoms. The summed E-state index contributed by atoms with van der Waals surface area (Å²) in [5, 5.41) is 0. The van der Waals surface area contributed by atoms with Crippen molar-refractivity contribution in [3.8, 4) is 5.75 Å². The predicted octanol–water partition coefficient (Wildman–Crippen LogP) is 4.34. The van der Waals surface area contributed by atoms with Gasteiger partial charge in [-0.15, -0.1) is 24.8 Å². The number of rotatable bonds is 2. The van der Waals surface area contributed by atoms with Crippen molar-refractivity contribution in [2.24, 2.45) is 0 Å². The average molecular weight is 405 g/mol. The largest absolute Gasteiger partial charge is 0.573 e. The highest BCUT2D eigenvalue weighted by Gasteiger charge is 2.39. The third-order valence-electron chi connectivity index (χ3n) is 1.68. The standard InChI is InChI=1S/C8H3ClF6INO/c9-1-3-2-17-6(7(10,11)12)4(16)5(3)18-8(13,14)15/h2H,1H2. The first-order valence-corrected chi connectivity index (χ1v) is 5.74. The molecule has 0 fully saturated rings. The maximum absolute atomic E-state index is 12.5. The summed E-state index contributed by atoms with van der Waals surface area (Å²) in [5.74, 6) is -1.42. The van der Waals surface area contributed by atoms with E-state index in [4.69, 9.17) is 11.6 Å². The molecular formula is C8H3ClF6INO. The smallest absolute Gasteiger partial charge is 0.404 e. The summed E-state index contributed by atoms with van der Waals surface area (Å²) >= 11 is 6.42. The Balaban J connectivity index is 3.37. The normalized spacial score (nSPS) is 12.7. The van der Waals surface area contributed by atoms with E-state index in [9.17, 15) is 26.3 Å². The van der Waals surface area contributed by atoms with E-state index in [1.807, 2.05) is 0 Å². The number of hydrogen-bond acceptors (Lipinski definition) is 2. The van der Waals surface area contributed by atoms with Gasteiger partial charge in [-0.25, -0.2) is 0 Å². The molecule has 0 saturated carbocycles. The highest BCUT2D eigenvalue weighted by Crippen LogP contribution is 2.39. The van der Waals surface area contributed by atoms with Crippen LogP contribution in [0.4, 0.5) is 26.3 Å². The molecule has 0 aliphatic heterocycles. The van der Waals surface area contributed by atoms with Crippen LogP contribution in [-0.4, -0.2) is 11.3 Å². The molecule has 0 aliphatic carbocycles. The molecule has 1 aromatic heterocycles. The Morgan fingerprint density at radius 3 is 2.17 bits per heavy atom. The summed E-state index contributed by atoms with van der Waals surface area (Å²) in [6.07, 6.45) is -9.37. The van der Waals surface area contributed by atoms with E-state index in [-0.39, 0.29) is 5.56 Å². The number of aromatic nitrogens is 1. The zero-order chi connectivity index (χ0) is 14.1. The zero-order valence-corrected chi connectivity index (χ0v) is 11.1. The Morgan fingerprint density at radius 2 is 1.78 bits per heavy atom. The van der Waals surface area contributed by atoms with Crippen LogP contribution in [0.5, 0.6) is 5.75 Å². The molecule has 0 aliphatic rings. The second-order valence-electron chi connectivity index (χ2n) is 2.95. The SMILES string of the molecule is FC(F)(F)Oc1c(CCl)cnc(C(F)(F)F)c1I. The molecule has 0 bridgehead atoms. The van der Waals surface area contributed by atoms with Gasteiger partial charge < -0.3 is 4.74 Å². The molecule has 0 aromatic carbocycles. The van der Waals surface area contributed by atoms with Crippen molar-refractivity contribution < 1.29 is 31.1 Å². The van der Waals surface area contributed by atoms with Gasteiger partial charge in [-0.2, -0.15) is 13.2 Å². The van der Waals surface area contributed by atoms with Crippen LogP contribution in [0.2, 0.25) is 0 Å². The van der Waals surface area contributed by atoms with Crippen molar-refractivity contribution in [2.75, 3.05) is 0 Å². The van der Waals surface area contributed by atoms with Gasteiger partial charge in [0.05, 0.1) is 9.45 Å². The van der Waals surface area contributed by atoms with Crippen LogP contribution in [0, 0.1) is 3.57 Å². The fourth-order valence-corrected chi connectivity index (χ4v) is 2.12. The van der Waals surface area contributed by atoms with Crippen molar-refractivity contribution in [1.82, 2.24) is 4.98 Å². The summed E-state index contributed by atoms with van der Waals surface area (Å²) in [4.78, 5) is 3.05. The second-order valence-corrected chi connectivity index (χ2v) is 4.30. The second kappa shape index (κ2) is 5.27. The lowest BCUT2D eigenvalue weighted by Crippen LogP contribution is -2.21. The number of hydrogen-bond donors (Lipinski definition) is 0. The molecule has 0 saturated heterocycles. The fraction of sp³-hybridized carbons (Fsp3) is 0.375. The van der Waals surface area contributed by atoms with Crippen LogP contribution in [0.15, 0.2) is 6.20 Å². The fourth-order valence-electron chi connectivity index (χ4n) is 1.03. The van der Waals surface area contributed by atoms with Crippen LogP contribution < -0.4 is 4.74 Å². The summed E-state index contributed by atoms with van der Waals surface area (Å²) in [6, 6.07) is 0. The van der Waals surface area contributed by atoms with Gasteiger partial charge in [0, 0.05) is 11.8 Å². The van der Waals surface area contributed by atoms with Crippen LogP contribution in [0.3, 0.4) is 0 Å². The van der Waals surface area contributed by atoms with Crippen LogP contribution >= 0.6 is 34.2 Å². The van der Waals surface area contributed by atoms with Crippen LogP contribution in [0.1, 0.15) is 11.3 Å². The highest BCUT2D eigenvalue weighted by atomic mass is 127. The average Bonchev–Trinajstić information content (AvgIpc) is 2.17. The topological polar surface area (TPSA) is 22.1 Å². The predicted molar refractivity (Wildman–Crippen MR) is 58.2 cm³/mol. The molecule has 1 aromatic rings. The molecule has 0 radical (unpaired) electrons. The van der Waals surface area contributed by atoms with Crippen LogP contribution in [-0.2, 0) is 12.1 Å². The summed E-state index contributed by atoms with van der Waals surface area (Å²) in [6.45, 7) is 0. The number of alkyl halides is 7. The van der Waals surface area contributed by atoms with E-state index in [0.29, 0.717) is 6.20 Å². The Kier molecular flexibility index (Phi) is 4.57. The minimum atomic E-state index is -5.11. The highest BCUT2D eigenvalue weighted by molar-refractivity contribution is 14.1. The van der Waals surface area contributed by atoms with Gasteiger partial charge in [0.2, 0.25) is 0 Å². The maximum Gasteiger partial charge on any atom is 0.573 e. The van der Waals surface area contributed by atoms with Crippen molar-refractivity contribution >= 4 is 34.2 Å². The molecule has 0 N–H and O–H groups in total. The van der Waals surface area contributed by atoms with E-state index in [0.717, 1.165) is 22.6 Å². The first kappa shape index (κ1) is 15.6. The third kappa shape index (κ3) is 3.77. The van der Waals surface area contributed by atoms with Gasteiger partial charge in [0.15, 0.2) is 11.4 Å². The van der Waals surface area contributed by atoms with Crippen molar-refractivity contribution in [3.63, 3.8) is 0 Å². The number of pyridine rings is 1. The minimum Gasteiger partial charge on any atom is -0.404 e. The maximum atomic E-state index is 12.5. The van der Waals surface area contributed by atoms with Gasteiger partial charge >= 0.3 is 12.5 Å². The monoisotopic (exact) mass is 405 g/mol. The van der Waals surface area contributed by atoms with Gasteiger partial charge in [0.25, 0.3) is 0 Å². The van der Waals surface area contributed by atoms with E-state index in [1.165, 1.54) is 0 Å². The molecule has 0 unspecified atom stereocenters. The Labute approximate surface area is 115 Å². The van der Waals surface area contributed by atoms with Gasteiger partial charge in [0.1, 0.15) is 0 Å². The molecule has 2 nitrogen and oxygen atoms in total. The quantitative estimate of drug-likeness (QED) is 0.415. The molecule has 102 valence electrons. The summed E-state index contributed by atoms with van der Waals surface area (Å²) in [7, 11) is 0. The molecule has 0 atom stereocenters. The molecule has 0 spiro atoms. The lowest BCUT2D eigenvalue weighted by atomic mass is 10.2. The minimum absolute atomic E-state index is 0.272. The zero-order valence-electron chi connectivity index (χ0n) is 8.16. The van der Waals surface area contributed by atoms with Crippen molar-refractivity contribution in [2.45, 2.75) is 18.4 Å².